The van der Waals surface area contributed by atoms with Crippen LogP contribution in [0.4, 0.5) is 0 Å². The Bertz CT molecular complexity index is 461. The summed E-state index contributed by atoms with van der Waals surface area (Å²) >= 11 is 9.99. The minimum absolute atomic E-state index is 0.487. The topological polar surface area (TPSA) is 15.3 Å². The van der Waals surface area contributed by atoms with Gasteiger partial charge in [0.2, 0.25) is 0 Å². The van der Waals surface area contributed by atoms with E-state index in [1.807, 2.05) is 13.1 Å². The first-order valence-corrected chi connectivity index (χ1v) is 8.23. The standard InChI is InChI=1S/C15H20BrClN2/c1-18-9-10-6-7-19(12-3-4-12)15(10)13-5-2-11(16)8-14(13)17/h2,5,8,10,12,15,18H,3-4,6-7,9H2,1H3. The van der Waals surface area contributed by atoms with Crippen LogP contribution in [0.2, 0.25) is 5.02 Å². The van der Waals surface area contributed by atoms with Gasteiger partial charge in [-0.1, -0.05) is 33.6 Å². The molecular formula is C15H20BrClN2. The van der Waals surface area contributed by atoms with Crippen molar-refractivity contribution in [1.29, 1.82) is 0 Å². The highest BCUT2D eigenvalue weighted by Crippen LogP contribution is 2.45. The van der Waals surface area contributed by atoms with Crippen LogP contribution >= 0.6 is 27.5 Å². The van der Waals surface area contributed by atoms with Gasteiger partial charge in [0.15, 0.2) is 0 Å². The van der Waals surface area contributed by atoms with Crippen molar-refractivity contribution in [3.8, 4) is 0 Å². The fraction of sp³-hybridized carbons (Fsp3) is 0.600. The summed E-state index contributed by atoms with van der Waals surface area (Å²) in [6.45, 7) is 2.29. The van der Waals surface area contributed by atoms with Gasteiger partial charge in [-0.3, -0.25) is 4.90 Å². The Morgan fingerprint density at radius 3 is 2.79 bits per heavy atom. The quantitative estimate of drug-likeness (QED) is 0.893. The van der Waals surface area contributed by atoms with Gasteiger partial charge in [-0.25, -0.2) is 0 Å². The van der Waals surface area contributed by atoms with Gasteiger partial charge in [-0.2, -0.15) is 0 Å². The smallest absolute Gasteiger partial charge is 0.0465 e. The van der Waals surface area contributed by atoms with Gasteiger partial charge in [-0.15, -0.1) is 0 Å². The summed E-state index contributed by atoms with van der Waals surface area (Å²) in [6.07, 6.45) is 3.99. The third kappa shape index (κ3) is 2.85. The molecular weight excluding hydrogens is 324 g/mol. The molecule has 1 N–H and O–H groups in total. The minimum atomic E-state index is 0.487. The average molecular weight is 344 g/mol. The predicted octanol–water partition coefficient (Wildman–Crippen LogP) is 3.85. The van der Waals surface area contributed by atoms with Crippen LogP contribution in [0.3, 0.4) is 0 Å². The number of rotatable bonds is 4. The maximum Gasteiger partial charge on any atom is 0.0465 e. The molecule has 3 rings (SSSR count). The molecule has 1 aliphatic carbocycles. The van der Waals surface area contributed by atoms with E-state index in [1.165, 1.54) is 31.4 Å². The van der Waals surface area contributed by atoms with Gasteiger partial charge in [0.05, 0.1) is 0 Å². The zero-order chi connectivity index (χ0) is 13.4. The minimum Gasteiger partial charge on any atom is -0.319 e. The number of nitrogens with zero attached hydrogens (tertiary/aromatic N) is 1. The summed E-state index contributed by atoms with van der Waals surface area (Å²) in [6, 6.07) is 7.62. The molecule has 4 heteroatoms. The lowest BCUT2D eigenvalue weighted by atomic mass is 9.93. The number of benzene rings is 1. The Labute approximate surface area is 128 Å². The largest absolute Gasteiger partial charge is 0.319 e. The first-order chi connectivity index (χ1) is 9.20. The van der Waals surface area contributed by atoms with Crippen molar-refractivity contribution in [2.75, 3.05) is 20.1 Å². The number of nitrogens with one attached hydrogen (secondary N) is 1. The molecule has 1 saturated carbocycles. The fourth-order valence-electron chi connectivity index (χ4n) is 3.35. The van der Waals surface area contributed by atoms with Gasteiger partial charge >= 0.3 is 0 Å². The van der Waals surface area contributed by atoms with Gasteiger partial charge < -0.3 is 5.32 Å². The van der Waals surface area contributed by atoms with Crippen LogP contribution in [0, 0.1) is 5.92 Å². The fourth-order valence-corrected chi connectivity index (χ4v) is 4.13. The number of hydrogen-bond donors (Lipinski definition) is 1. The van der Waals surface area contributed by atoms with Crippen molar-refractivity contribution < 1.29 is 0 Å². The lowest BCUT2D eigenvalue weighted by molar-refractivity contribution is 0.217. The average Bonchev–Trinajstić information content (AvgIpc) is 3.13. The predicted molar refractivity (Wildman–Crippen MR) is 83.7 cm³/mol. The zero-order valence-corrected chi connectivity index (χ0v) is 13.5. The second-order valence-electron chi connectivity index (χ2n) is 5.69. The second kappa shape index (κ2) is 5.72. The summed E-state index contributed by atoms with van der Waals surface area (Å²) in [4.78, 5) is 2.68. The van der Waals surface area contributed by atoms with Gasteiger partial charge in [-0.05, 0) is 63.0 Å². The third-order valence-electron chi connectivity index (χ3n) is 4.33. The van der Waals surface area contributed by atoms with E-state index < -0.39 is 0 Å². The van der Waals surface area contributed by atoms with Gasteiger partial charge in [0, 0.05) is 21.6 Å². The highest BCUT2D eigenvalue weighted by molar-refractivity contribution is 9.10. The van der Waals surface area contributed by atoms with Crippen LogP contribution in [-0.2, 0) is 0 Å². The van der Waals surface area contributed by atoms with Crippen LogP contribution < -0.4 is 5.32 Å². The summed E-state index contributed by atoms with van der Waals surface area (Å²) in [5, 5.41) is 4.24. The lowest BCUT2D eigenvalue weighted by Gasteiger charge is -2.29. The number of hydrogen-bond acceptors (Lipinski definition) is 2. The highest BCUT2D eigenvalue weighted by atomic mass is 79.9. The van der Waals surface area contributed by atoms with E-state index in [1.54, 1.807) is 0 Å². The van der Waals surface area contributed by atoms with Crippen molar-refractivity contribution >= 4 is 27.5 Å². The molecule has 1 aromatic carbocycles. The van der Waals surface area contributed by atoms with Crippen LogP contribution in [0.25, 0.3) is 0 Å². The molecule has 0 bridgehead atoms. The molecule has 2 atom stereocenters. The molecule has 1 aliphatic heterocycles. The Morgan fingerprint density at radius 2 is 2.16 bits per heavy atom. The van der Waals surface area contributed by atoms with Crippen molar-refractivity contribution in [3.05, 3.63) is 33.3 Å². The van der Waals surface area contributed by atoms with Crippen LogP contribution in [0.5, 0.6) is 0 Å². The van der Waals surface area contributed by atoms with E-state index in [4.69, 9.17) is 11.6 Å². The van der Waals surface area contributed by atoms with Crippen molar-refractivity contribution in [1.82, 2.24) is 10.2 Å². The molecule has 2 aliphatic rings. The maximum atomic E-state index is 6.49. The Balaban J connectivity index is 1.91. The van der Waals surface area contributed by atoms with E-state index >= 15 is 0 Å². The molecule has 1 heterocycles. The molecule has 0 spiro atoms. The second-order valence-corrected chi connectivity index (χ2v) is 7.01. The first-order valence-electron chi connectivity index (χ1n) is 7.06. The SMILES string of the molecule is CNCC1CCN(C2CC2)C1c1ccc(Br)cc1Cl. The van der Waals surface area contributed by atoms with Crippen molar-refractivity contribution in [3.63, 3.8) is 0 Å². The summed E-state index contributed by atoms with van der Waals surface area (Å²) in [5.74, 6) is 0.671. The summed E-state index contributed by atoms with van der Waals surface area (Å²) < 4.78 is 1.06. The number of halogens is 2. The van der Waals surface area contributed by atoms with Gasteiger partial charge in [0.1, 0.15) is 0 Å². The summed E-state index contributed by atoms with van der Waals surface area (Å²) in [5.41, 5.74) is 1.30. The molecule has 0 aromatic heterocycles. The van der Waals surface area contributed by atoms with Crippen LogP contribution in [0.15, 0.2) is 22.7 Å². The molecule has 0 radical (unpaired) electrons. The van der Waals surface area contributed by atoms with Crippen molar-refractivity contribution in [2.45, 2.75) is 31.3 Å². The molecule has 104 valence electrons. The lowest BCUT2D eigenvalue weighted by Crippen LogP contribution is -2.30. The van der Waals surface area contributed by atoms with E-state index in [9.17, 15) is 0 Å². The van der Waals surface area contributed by atoms with Gasteiger partial charge in [0.25, 0.3) is 0 Å². The monoisotopic (exact) mass is 342 g/mol. The molecule has 2 unspecified atom stereocenters. The Morgan fingerprint density at radius 1 is 1.37 bits per heavy atom. The third-order valence-corrected chi connectivity index (χ3v) is 5.15. The zero-order valence-electron chi connectivity index (χ0n) is 11.2. The summed E-state index contributed by atoms with van der Waals surface area (Å²) in [7, 11) is 2.04. The molecule has 19 heavy (non-hydrogen) atoms. The normalized spacial score (nSPS) is 27.9. The van der Waals surface area contributed by atoms with E-state index in [0.717, 1.165) is 22.1 Å². The molecule has 1 saturated heterocycles. The van der Waals surface area contributed by atoms with Crippen molar-refractivity contribution in [2.24, 2.45) is 5.92 Å². The molecule has 1 aromatic rings. The first kappa shape index (κ1) is 13.9. The molecule has 2 nitrogen and oxygen atoms in total. The van der Waals surface area contributed by atoms with E-state index in [-0.39, 0.29) is 0 Å². The van der Waals surface area contributed by atoms with E-state index in [2.05, 4.69) is 38.3 Å². The van der Waals surface area contributed by atoms with E-state index in [0.29, 0.717) is 12.0 Å². The van der Waals surface area contributed by atoms with Crippen LogP contribution in [0.1, 0.15) is 30.9 Å². The molecule has 2 fully saturated rings. The highest BCUT2D eigenvalue weighted by Gasteiger charge is 2.42. The number of likely N-dealkylation sites (tertiary alicyclic amines) is 1. The van der Waals surface area contributed by atoms with Crippen LogP contribution in [-0.4, -0.2) is 31.1 Å². The molecule has 0 amide bonds. The Kier molecular flexibility index (Phi) is 4.18. The maximum absolute atomic E-state index is 6.49. The Hall–Kier alpha value is -0.0900.